The second kappa shape index (κ2) is 7.54. The van der Waals surface area contributed by atoms with E-state index in [2.05, 4.69) is 37.9 Å². The lowest BCUT2D eigenvalue weighted by Crippen LogP contribution is -1.85. The molecule has 0 bridgehead atoms. The number of hydrogen-bond donors (Lipinski definition) is 0. The predicted octanol–water partition coefficient (Wildman–Crippen LogP) is 4.20. The molecule has 1 nitrogen and oxygen atoms in total. The highest BCUT2D eigenvalue weighted by Gasteiger charge is 1.88. The zero-order chi connectivity index (χ0) is 11.0. The number of pyridine rings is 1. The van der Waals surface area contributed by atoms with E-state index in [0.29, 0.717) is 0 Å². The molecule has 1 heterocycles. The lowest BCUT2D eigenvalue weighted by atomic mass is 10.2. The van der Waals surface area contributed by atoms with Crippen molar-refractivity contribution in [1.82, 2.24) is 4.98 Å². The van der Waals surface area contributed by atoms with E-state index in [-0.39, 0.29) is 0 Å². The Morgan fingerprint density at radius 1 is 0.929 bits per heavy atom. The summed E-state index contributed by atoms with van der Waals surface area (Å²) in [6.07, 6.45) is 4.08. The van der Waals surface area contributed by atoms with Crippen LogP contribution in [0.25, 0.3) is 0 Å². The fourth-order valence-electron chi connectivity index (χ4n) is 1.40. The lowest BCUT2D eigenvalue weighted by molar-refractivity contribution is 0.772. The summed E-state index contributed by atoms with van der Waals surface area (Å²) in [5.74, 6) is 0. The van der Waals surface area contributed by atoms with Crippen molar-refractivity contribution in [2.75, 3.05) is 0 Å². The molecule has 1 heteroatoms. The minimum absolute atomic E-state index is 1.10. The molecule has 0 spiro atoms. The SMILES string of the molecule is CCCCC.Cc1cc(C)nc(C)c1. The van der Waals surface area contributed by atoms with Gasteiger partial charge in [0.25, 0.3) is 0 Å². The lowest BCUT2D eigenvalue weighted by Gasteiger charge is -1.96. The molecule has 14 heavy (non-hydrogen) atoms. The summed E-state index contributed by atoms with van der Waals surface area (Å²) in [4.78, 5) is 4.23. The monoisotopic (exact) mass is 193 g/mol. The van der Waals surface area contributed by atoms with Gasteiger partial charge in [0.05, 0.1) is 0 Å². The Kier molecular flexibility index (Phi) is 7.09. The van der Waals surface area contributed by atoms with E-state index >= 15 is 0 Å². The zero-order valence-electron chi connectivity index (χ0n) is 10.2. The van der Waals surface area contributed by atoms with Crippen LogP contribution in [-0.4, -0.2) is 4.98 Å². The average Bonchev–Trinajstić information content (AvgIpc) is 2.03. The van der Waals surface area contributed by atoms with Crippen molar-refractivity contribution in [2.45, 2.75) is 53.9 Å². The molecule has 0 amide bonds. The number of hydrogen-bond acceptors (Lipinski definition) is 1. The largest absolute Gasteiger partial charge is 0.258 e. The summed E-state index contributed by atoms with van der Waals surface area (Å²) < 4.78 is 0. The topological polar surface area (TPSA) is 12.9 Å². The first-order chi connectivity index (χ1) is 6.60. The summed E-state index contributed by atoms with van der Waals surface area (Å²) >= 11 is 0. The molecule has 0 unspecified atom stereocenters. The van der Waals surface area contributed by atoms with Gasteiger partial charge in [0.15, 0.2) is 0 Å². The molecule has 0 saturated heterocycles. The van der Waals surface area contributed by atoms with Crippen LogP contribution in [0.1, 0.15) is 50.1 Å². The van der Waals surface area contributed by atoms with Crippen LogP contribution in [-0.2, 0) is 0 Å². The Morgan fingerprint density at radius 2 is 1.36 bits per heavy atom. The van der Waals surface area contributed by atoms with Gasteiger partial charge in [-0.2, -0.15) is 0 Å². The van der Waals surface area contributed by atoms with Crippen molar-refractivity contribution >= 4 is 0 Å². The van der Waals surface area contributed by atoms with Crippen LogP contribution in [0.4, 0.5) is 0 Å². The quantitative estimate of drug-likeness (QED) is 0.686. The van der Waals surface area contributed by atoms with Gasteiger partial charge in [0.2, 0.25) is 0 Å². The maximum atomic E-state index is 4.23. The van der Waals surface area contributed by atoms with Gasteiger partial charge in [-0.1, -0.05) is 33.1 Å². The Balaban J connectivity index is 0.000000292. The highest BCUT2D eigenvalue weighted by atomic mass is 14.7. The fourth-order valence-corrected chi connectivity index (χ4v) is 1.40. The molecule has 0 aliphatic rings. The van der Waals surface area contributed by atoms with Crippen LogP contribution in [0.2, 0.25) is 0 Å². The first-order valence-electron chi connectivity index (χ1n) is 5.52. The molecule has 0 aliphatic carbocycles. The van der Waals surface area contributed by atoms with Crippen LogP contribution < -0.4 is 0 Å². The Bertz CT molecular complexity index is 201. The van der Waals surface area contributed by atoms with Crippen LogP contribution in [0.5, 0.6) is 0 Å². The first-order valence-corrected chi connectivity index (χ1v) is 5.52. The van der Waals surface area contributed by atoms with Gasteiger partial charge in [-0.05, 0) is 38.5 Å². The van der Waals surface area contributed by atoms with Crippen LogP contribution in [0, 0.1) is 20.8 Å². The molecular weight excluding hydrogens is 170 g/mol. The van der Waals surface area contributed by atoms with E-state index in [4.69, 9.17) is 0 Å². The maximum Gasteiger partial charge on any atom is 0.0378 e. The molecule has 1 rings (SSSR count). The van der Waals surface area contributed by atoms with E-state index < -0.39 is 0 Å². The van der Waals surface area contributed by atoms with Crippen molar-refractivity contribution in [3.63, 3.8) is 0 Å². The number of unbranched alkanes of at least 4 members (excludes halogenated alkanes) is 2. The Labute approximate surface area is 88.6 Å². The smallest absolute Gasteiger partial charge is 0.0378 e. The second-order valence-corrected chi connectivity index (χ2v) is 3.78. The van der Waals surface area contributed by atoms with Gasteiger partial charge < -0.3 is 0 Å². The zero-order valence-corrected chi connectivity index (χ0v) is 10.2. The average molecular weight is 193 g/mol. The van der Waals surface area contributed by atoms with Crippen molar-refractivity contribution in [2.24, 2.45) is 0 Å². The molecular formula is C13H23N. The van der Waals surface area contributed by atoms with Crippen LogP contribution in [0.15, 0.2) is 12.1 Å². The molecule has 0 aliphatic heterocycles. The van der Waals surface area contributed by atoms with Crippen molar-refractivity contribution in [1.29, 1.82) is 0 Å². The fraction of sp³-hybridized carbons (Fsp3) is 0.615. The molecule has 1 aromatic rings. The Hall–Kier alpha value is -0.850. The van der Waals surface area contributed by atoms with Gasteiger partial charge in [-0.3, -0.25) is 4.98 Å². The summed E-state index contributed by atoms with van der Waals surface area (Å²) in [7, 11) is 0. The number of nitrogens with zero attached hydrogens (tertiary/aromatic N) is 1. The molecule has 0 fully saturated rings. The normalized spacial score (nSPS) is 9.21. The minimum Gasteiger partial charge on any atom is -0.258 e. The molecule has 0 atom stereocenters. The van der Waals surface area contributed by atoms with E-state index in [9.17, 15) is 0 Å². The third-order valence-corrected chi connectivity index (χ3v) is 1.93. The van der Waals surface area contributed by atoms with E-state index in [1.54, 1.807) is 0 Å². The van der Waals surface area contributed by atoms with Crippen molar-refractivity contribution in [3.05, 3.63) is 29.1 Å². The van der Waals surface area contributed by atoms with Gasteiger partial charge >= 0.3 is 0 Å². The summed E-state index contributed by atoms with van der Waals surface area (Å²) in [5.41, 5.74) is 3.50. The predicted molar refractivity (Wildman–Crippen MR) is 63.6 cm³/mol. The Morgan fingerprint density at radius 3 is 1.57 bits per heavy atom. The number of aryl methyl sites for hydroxylation is 3. The molecule has 1 aromatic heterocycles. The van der Waals surface area contributed by atoms with Crippen LogP contribution >= 0.6 is 0 Å². The standard InChI is InChI=1S/C8H11N.C5H12/c1-6-4-7(2)9-8(3)5-6;1-3-5-4-2/h4-5H,1-3H3;3-5H2,1-2H3. The number of aromatic nitrogens is 1. The highest BCUT2D eigenvalue weighted by Crippen LogP contribution is 2.01. The molecule has 0 radical (unpaired) electrons. The molecule has 80 valence electrons. The third-order valence-electron chi connectivity index (χ3n) is 1.93. The van der Waals surface area contributed by atoms with Crippen molar-refractivity contribution < 1.29 is 0 Å². The number of rotatable bonds is 2. The first kappa shape index (κ1) is 13.2. The maximum absolute atomic E-state index is 4.23. The van der Waals surface area contributed by atoms with Crippen molar-refractivity contribution in [3.8, 4) is 0 Å². The van der Waals surface area contributed by atoms with Gasteiger partial charge in [-0.15, -0.1) is 0 Å². The third kappa shape index (κ3) is 6.64. The summed E-state index contributed by atoms with van der Waals surface area (Å²) in [5, 5.41) is 0. The minimum atomic E-state index is 1.10. The van der Waals surface area contributed by atoms with E-state index in [0.717, 1.165) is 11.4 Å². The molecule has 0 aromatic carbocycles. The summed E-state index contributed by atoms with van der Waals surface area (Å²) in [6.45, 7) is 10.5. The van der Waals surface area contributed by atoms with E-state index in [1.807, 2.05) is 13.8 Å². The molecule has 0 N–H and O–H groups in total. The van der Waals surface area contributed by atoms with Gasteiger partial charge in [0, 0.05) is 11.4 Å². The highest BCUT2D eigenvalue weighted by molar-refractivity contribution is 5.18. The van der Waals surface area contributed by atoms with Gasteiger partial charge in [0.1, 0.15) is 0 Å². The molecule has 0 saturated carbocycles. The van der Waals surface area contributed by atoms with E-state index in [1.165, 1.54) is 24.8 Å². The van der Waals surface area contributed by atoms with Crippen LogP contribution in [0.3, 0.4) is 0 Å². The second-order valence-electron chi connectivity index (χ2n) is 3.78. The van der Waals surface area contributed by atoms with Gasteiger partial charge in [-0.25, -0.2) is 0 Å². The summed E-state index contributed by atoms with van der Waals surface area (Å²) in [6, 6.07) is 4.15.